The van der Waals surface area contributed by atoms with E-state index < -0.39 is 8.07 Å². The summed E-state index contributed by atoms with van der Waals surface area (Å²) in [5, 5.41) is 13.8. The Hall–Kier alpha value is -11.7. The van der Waals surface area contributed by atoms with Crippen molar-refractivity contribution in [3.63, 3.8) is 0 Å². The van der Waals surface area contributed by atoms with Gasteiger partial charge in [-0.15, -0.1) is 45.3 Å². The van der Waals surface area contributed by atoms with Gasteiger partial charge in [-0.2, -0.15) is 0 Å². The molecule has 0 unspecified atom stereocenters. The fraction of sp³-hybridized carbons (Fsp3) is 0.0833. The molecule has 516 valence electrons. The van der Waals surface area contributed by atoms with Crippen molar-refractivity contribution in [2.45, 2.75) is 55.4 Å². The zero-order valence-corrected chi connectivity index (χ0v) is 64.7. The van der Waals surface area contributed by atoms with Crippen LogP contribution in [0.4, 0.5) is 0 Å². The number of aromatic nitrogens is 4. The number of thiophene rings is 4. The number of benzene rings is 12. The Labute approximate surface area is 636 Å². The van der Waals surface area contributed by atoms with E-state index in [1.807, 2.05) is 45.3 Å². The van der Waals surface area contributed by atoms with Gasteiger partial charge in [0, 0.05) is 75.0 Å². The van der Waals surface area contributed by atoms with Gasteiger partial charge in [0.15, 0.2) is 24.8 Å². The van der Waals surface area contributed by atoms with Gasteiger partial charge < -0.3 is 31.5 Å². The zero-order valence-electron chi connectivity index (χ0n) is 60.4. The Kier molecular flexibility index (Phi) is 13.1. The molecular formula is C96H66N4O3S4Si. The molecule has 12 heteroatoms. The van der Waals surface area contributed by atoms with Gasteiger partial charge in [-0.3, -0.25) is 0 Å². The number of hydrogen-bond acceptors (Lipinski definition) is 7. The minimum absolute atomic E-state index is 0.856. The molecule has 0 saturated heterocycles. The second-order valence-electron chi connectivity index (χ2n) is 30.1. The lowest BCUT2D eigenvalue weighted by molar-refractivity contribution is 0.667. The fourth-order valence-corrected chi connectivity index (χ4v) is 28.7. The first kappa shape index (κ1) is 62.5. The van der Waals surface area contributed by atoms with Crippen molar-refractivity contribution in [2.24, 2.45) is 0 Å². The second-order valence-corrected chi connectivity index (χ2v) is 37.9. The lowest BCUT2D eigenvalue weighted by Crippen LogP contribution is -2.72. The molecule has 0 aliphatic carbocycles. The molecule has 0 fully saturated rings. The average molecular weight is 1480 g/mol. The summed E-state index contributed by atoms with van der Waals surface area (Å²) >= 11 is 7.52. The molecular weight excluding hydrogens is 1410 g/mol. The highest BCUT2D eigenvalue weighted by Gasteiger charge is 2.53. The Morgan fingerprint density at radius 3 is 1.28 bits per heavy atom. The van der Waals surface area contributed by atoms with E-state index in [0.717, 1.165) is 72.4 Å². The summed E-state index contributed by atoms with van der Waals surface area (Å²) in [5.74, 6) is 0. The van der Waals surface area contributed by atoms with Crippen LogP contribution in [0, 0.1) is 55.4 Å². The van der Waals surface area contributed by atoms with Crippen LogP contribution in [0.2, 0.25) is 0 Å². The van der Waals surface area contributed by atoms with Crippen molar-refractivity contribution in [3.05, 3.63) is 299 Å². The predicted molar refractivity (Wildman–Crippen MR) is 464 cm³/mol. The van der Waals surface area contributed by atoms with Crippen molar-refractivity contribution in [1.29, 1.82) is 0 Å². The van der Waals surface area contributed by atoms with Gasteiger partial charge in [0.25, 0.3) is 0 Å². The SMILES string of the molecule is Cc1ccc(-n2c3c(c4oc5cc6c(cc5c42)oc2c4sc5cc(C)ccc5c4n(-c4ccc(C)cc4)c62)[Si](c2ccccc2)(c2ccccc2)c2cc(C)ccc2-3)cc1.Cc1ccc(-n2c3cc(C)ccc3c3sc4c5cc6sc7c(sc8c9ccc(C)cc9n(-c9ccc(C)cc9)c87)c6cc5oc4c32)cc1. The van der Waals surface area contributed by atoms with E-state index in [4.69, 9.17) is 13.3 Å². The van der Waals surface area contributed by atoms with Gasteiger partial charge >= 0.3 is 0 Å². The van der Waals surface area contributed by atoms with Crippen LogP contribution in [0.1, 0.15) is 44.5 Å². The summed E-state index contributed by atoms with van der Waals surface area (Å²) in [6.45, 7) is 17.3. The number of nitrogens with zero attached hydrogens (tertiary/aromatic N) is 4. The first-order chi connectivity index (χ1) is 52.8. The van der Waals surface area contributed by atoms with Gasteiger partial charge in [-0.05, 0) is 184 Å². The molecule has 12 heterocycles. The van der Waals surface area contributed by atoms with Crippen molar-refractivity contribution >= 4 is 222 Å². The number of furan rings is 3. The van der Waals surface area contributed by atoms with Gasteiger partial charge in [0.05, 0.1) is 56.0 Å². The Morgan fingerprint density at radius 1 is 0.269 bits per heavy atom. The van der Waals surface area contributed by atoms with Crippen LogP contribution in [0.5, 0.6) is 0 Å². The monoisotopic (exact) mass is 1480 g/mol. The first-order valence-electron chi connectivity index (χ1n) is 36.9. The molecule has 0 atom stereocenters. The van der Waals surface area contributed by atoms with Crippen LogP contribution in [-0.2, 0) is 0 Å². The quantitative estimate of drug-likeness (QED) is 0.156. The molecule has 108 heavy (non-hydrogen) atoms. The van der Waals surface area contributed by atoms with Crippen LogP contribution in [0.15, 0.2) is 268 Å². The highest BCUT2D eigenvalue weighted by atomic mass is 32.1. The van der Waals surface area contributed by atoms with E-state index >= 15 is 0 Å². The summed E-state index contributed by atoms with van der Waals surface area (Å²) in [5.41, 5.74) is 31.0. The van der Waals surface area contributed by atoms with Crippen LogP contribution in [-0.4, -0.2) is 26.3 Å². The largest absolute Gasteiger partial charge is 0.454 e. The highest BCUT2D eigenvalue weighted by molar-refractivity contribution is 7.37. The molecule has 0 spiro atoms. The summed E-state index contributed by atoms with van der Waals surface area (Å²) in [7, 11) is -2.94. The van der Waals surface area contributed by atoms with Crippen molar-refractivity contribution in [1.82, 2.24) is 18.3 Å². The predicted octanol–water partition coefficient (Wildman–Crippen LogP) is 25.5. The lowest BCUT2D eigenvalue weighted by atomic mass is 10.1. The van der Waals surface area contributed by atoms with E-state index in [1.54, 1.807) is 0 Å². The molecule has 11 aromatic heterocycles. The molecule has 7 nitrogen and oxygen atoms in total. The maximum absolute atomic E-state index is 7.47. The van der Waals surface area contributed by atoms with Crippen LogP contribution in [0.3, 0.4) is 0 Å². The third-order valence-electron chi connectivity index (χ3n) is 23.0. The zero-order chi connectivity index (χ0) is 72.0. The Balaban J connectivity index is 0.000000134. The summed E-state index contributed by atoms with van der Waals surface area (Å²) in [6.07, 6.45) is 0. The maximum atomic E-state index is 7.47. The number of fused-ring (bicyclic) bond motifs is 28. The Bertz CT molecular complexity index is 7540. The van der Waals surface area contributed by atoms with Gasteiger partial charge in [0.1, 0.15) is 33.3 Å². The molecule has 24 rings (SSSR count). The fourth-order valence-electron chi connectivity index (χ4n) is 18.0. The van der Waals surface area contributed by atoms with Crippen LogP contribution in [0.25, 0.3) is 181 Å². The van der Waals surface area contributed by atoms with E-state index in [0.29, 0.717) is 0 Å². The number of rotatable bonds is 6. The summed E-state index contributed by atoms with van der Waals surface area (Å²) in [4.78, 5) is 0. The molecule has 1 aliphatic rings. The highest BCUT2D eigenvalue weighted by Crippen LogP contribution is 2.54. The van der Waals surface area contributed by atoms with Gasteiger partial charge in [0.2, 0.25) is 0 Å². The second kappa shape index (κ2) is 22.7. The molecule has 0 saturated carbocycles. The van der Waals surface area contributed by atoms with E-state index in [2.05, 4.69) is 328 Å². The lowest BCUT2D eigenvalue weighted by Gasteiger charge is -2.30. The standard InChI is InChI=1S/C54H38N2O2SSi.C42H28N2OS3/c1-31-15-21-35(22-16-31)55-47-41-29-44-42(30-43(41)57-51(47)53-49(55)39-25-19-33(3)27-45(39)59-53)48-52(58-44)54-50(56(48)36-23-17-32(2)18-24-36)40-26-20-34(4)28-46(40)60(54,37-11-7-5-8-12-37)38-13-9-6-10-14-38;1-21-5-11-25(12-6-21)43-31-17-23(3)9-15-27(31)38-35(43)37-40(47-38)29-20-34-30(19-33(29)45-37)41-42(46-34)36-39(48-41)28-16-10-24(4)18-32(28)44(36)26-13-7-22(2)8-14-26/h5-30H,1-4H3;5-20H,1-4H3. The molecule has 23 aromatic rings. The smallest absolute Gasteiger partial charge is 0.187 e. The molecule has 0 N–H and O–H groups in total. The normalized spacial score (nSPS) is 13.1. The molecule has 0 bridgehead atoms. The summed E-state index contributed by atoms with van der Waals surface area (Å²) in [6, 6.07) is 94.8. The van der Waals surface area contributed by atoms with Crippen molar-refractivity contribution in [2.75, 3.05) is 0 Å². The number of aryl methyl sites for hydroxylation is 8. The number of hydrogen-bond donors (Lipinski definition) is 0. The van der Waals surface area contributed by atoms with Crippen LogP contribution < -0.4 is 20.7 Å². The average Bonchev–Trinajstić information content (AvgIpc) is 1.52. The van der Waals surface area contributed by atoms with Crippen LogP contribution >= 0.6 is 45.3 Å². The van der Waals surface area contributed by atoms with Gasteiger partial charge in [-0.1, -0.05) is 192 Å². The van der Waals surface area contributed by atoms with E-state index in [-0.39, 0.29) is 0 Å². The molecule has 0 radical (unpaired) electrons. The van der Waals surface area contributed by atoms with E-state index in [1.165, 1.54) is 174 Å². The summed E-state index contributed by atoms with van der Waals surface area (Å²) < 4.78 is 41.6. The third kappa shape index (κ3) is 8.63. The molecule has 1 aliphatic heterocycles. The third-order valence-corrected chi connectivity index (χ3v) is 32.8. The molecule has 0 amide bonds. The maximum Gasteiger partial charge on any atom is 0.187 e. The minimum Gasteiger partial charge on any atom is -0.454 e. The van der Waals surface area contributed by atoms with Crippen molar-refractivity contribution < 1.29 is 13.3 Å². The topological polar surface area (TPSA) is 59.1 Å². The van der Waals surface area contributed by atoms with E-state index in [9.17, 15) is 0 Å². The first-order valence-corrected chi connectivity index (χ1v) is 42.2. The Morgan fingerprint density at radius 2 is 0.694 bits per heavy atom. The molecule has 12 aromatic carbocycles. The van der Waals surface area contributed by atoms with Gasteiger partial charge in [-0.25, -0.2) is 0 Å². The van der Waals surface area contributed by atoms with Crippen molar-refractivity contribution in [3.8, 4) is 34.0 Å². The minimum atomic E-state index is -2.94.